The van der Waals surface area contributed by atoms with Gasteiger partial charge in [0, 0.05) is 5.02 Å². The first kappa shape index (κ1) is 15.6. The van der Waals surface area contributed by atoms with Crippen LogP contribution in [0.5, 0.6) is 0 Å². The van der Waals surface area contributed by atoms with Gasteiger partial charge in [0.2, 0.25) is 11.8 Å². The van der Waals surface area contributed by atoms with Crippen molar-refractivity contribution < 1.29 is 9.59 Å². The first-order valence-electron chi connectivity index (χ1n) is 9.43. The molecule has 0 radical (unpaired) electrons. The highest BCUT2D eigenvalue weighted by Crippen LogP contribution is 2.57. The minimum absolute atomic E-state index is 0.00488. The molecule has 1 heterocycles. The molecule has 1 saturated heterocycles. The maximum atomic E-state index is 13.3. The summed E-state index contributed by atoms with van der Waals surface area (Å²) in [7, 11) is 0. The van der Waals surface area contributed by atoms with Crippen LogP contribution in [0.15, 0.2) is 29.3 Å². The third-order valence-electron chi connectivity index (χ3n) is 6.91. The summed E-state index contributed by atoms with van der Waals surface area (Å²) >= 11 is 6.26. The number of nitrogens with zero attached hydrogens (tertiary/aromatic N) is 1. The molecular formula is C21H22ClNO2. The minimum Gasteiger partial charge on any atom is -0.274 e. The van der Waals surface area contributed by atoms with Crippen molar-refractivity contribution in [3.8, 4) is 0 Å². The fraction of sp³-hybridized carbons (Fsp3) is 0.524. The van der Waals surface area contributed by atoms with Gasteiger partial charge in [-0.2, -0.15) is 0 Å². The number of aryl methyl sites for hydroxylation is 1. The average molecular weight is 356 g/mol. The van der Waals surface area contributed by atoms with Crippen LogP contribution in [0.1, 0.15) is 44.1 Å². The van der Waals surface area contributed by atoms with Gasteiger partial charge in [-0.1, -0.05) is 28.8 Å². The molecular weight excluding hydrogens is 334 g/mol. The zero-order chi connectivity index (χ0) is 17.3. The molecule has 3 aliphatic carbocycles. The summed E-state index contributed by atoms with van der Waals surface area (Å²) in [5.74, 6) is 0.331. The molecule has 3 fully saturated rings. The van der Waals surface area contributed by atoms with Crippen molar-refractivity contribution in [3.05, 3.63) is 39.9 Å². The molecule has 1 aromatic rings. The van der Waals surface area contributed by atoms with Gasteiger partial charge in [-0.15, -0.1) is 0 Å². The number of halogens is 1. The highest BCUT2D eigenvalue weighted by atomic mass is 35.5. The molecule has 0 N–H and O–H groups in total. The third-order valence-corrected chi connectivity index (χ3v) is 7.32. The maximum Gasteiger partial charge on any atom is 0.238 e. The second-order valence-electron chi connectivity index (χ2n) is 8.04. The van der Waals surface area contributed by atoms with Crippen LogP contribution in [0.25, 0.3) is 0 Å². The van der Waals surface area contributed by atoms with Gasteiger partial charge in [-0.25, -0.2) is 4.90 Å². The number of fused-ring (bicyclic) bond motifs is 5. The number of carbonyl (C=O) groups is 2. The molecule has 4 atom stereocenters. The summed E-state index contributed by atoms with van der Waals surface area (Å²) in [5, 5.41) is 0.606. The Balaban J connectivity index is 1.60. The summed E-state index contributed by atoms with van der Waals surface area (Å²) < 4.78 is 0. The van der Waals surface area contributed by atoms with Crippen LogP contribution in [0, 0.1) is 30.6 Å². The number of anilines is 1. The van der Waals surface area contributed by atoms with E-state index in [0.29, 0.717) is 22.5 Å². The minimum atomic E-state index is -0.142. The van der Waals surface area contributed by atoms with E-state index in [0.717, 1.165) is 44.1 Å². The Morgan fingerprint density at radius 2 is 1.52 bits per heavy atom. The number of allylic oxidation sites excluding steroid dienone is 2. The average Bonchev–Trinajstić information content (AvgIpc) is 3.28. The fourth-order valence-electron chi connectivity index (χ4n) is 5.87. The van der Waals surface area contributed by atoms with Crippen LogP contribution >= 0.6 is 11.6 Å². The highest BCUT2D eigenvalue weighted by molar-refractivity contribution is 6.32. The molecule has 0 unspecified atom stereocenters. The zero-order valence-corrected chi connectivity index (χ0v) is 15.2. The lowest BCUT2D eigenvalue weighted by Gasteiger charge is -2.34. The first-order chi connectivity index (χ1) is 12.1. The lowest BCUT2D eigenvalue weighted by Crippen LogP contribution is -2.35. The molecule has 2 amide bonds. The van der Waals surface area contributed by atoms with Crippen molar-refractivity contribution in [2.75, 3.05) is 4.90 Å². The normalized spacial score (nSPS) is 33.8. The standard InChI is InChI=1S/C21H22ClNO2/c1-11-8-9-12(10-17(11)22)23-20(24)18-15-6-2-4-13(15)14-5-3-7-16(14)19(18)21(23)25/h8-10,15-16,18-19H,2-7H2,1H3/t15-,16-,18-,19-/m0/s1. The third kappa shape index (κ3) is 2.05. The van der Waals surface area contributed by atoms with E-state index in [4.69, 9.17) is 11.6 Å². The molecule has 1 aliphatic heterocycles. The Bertz CT molecular complexity index is 785. The lowest BCUT2D eigenvalue weighted by atomic mass is 9.66. The summed E-state index contributed by atoms with van der Waals surface area (Å²) in [6.07, 6.45) is 6.73. The van der Waals surface area contributed by atoms with Gasteiger partial charge in [0.15, 0.2) is 0 Å². The van der Waals surface area contributed by atoms with Gasteiger partial charge in [0.25, 0.3) is 0 Å². The van der Waals surface area contributed by atoms with E-state index in [1.807, 2.05) is 19.1 Å². The molecule has 4 heteroatoms. The molecule has 1 aromatic carbocycles. The maximum absolute atomic E-state index is 13.3. The van der Waals surface area contributed by atoms with Crippen molar-refractivity contribution in [2.24, 2.45) is 23.7 Å². The van der Waals surface area contributed by atoms with Gasteiger partial charge >= 0.3 is 0 Å². The summed E-state index contributed by atoms with van der Waals surface area (Å²) in [6.45, 7) is 1.93. The predicted molar refractivity (Wildman–Crippen MR) is 97.4 cm³/mol. The second kappa shape index (κ2) is 5.44. The van der Waals surface area contributed by atoms with Crippen LogP contribution in [0.4, 0.5) is 5.69 Å². The Morgan fingerprint density at radius 3 is 2.04 bits per heavy atom. The monoisotopic (exact) mass is 355 g/mol. The van der Waals surface area contributed by atoms with Crippen molar-refractivity contribution >= 4 is 29.1 Å². The van der Waals surface area contributed by atoms with Crippen molar-refractivity contribution in [2.45, 2.75) is 45.4 Å². The van der Waals surface area contributed by atoms with Crippen molar-refractivity contribution in [3.63, 3.8) is 0 Å². The largest absolute Gasteiger partial charge is 0.274 e. The van der Waals surface area contributed by atoms with E-state index in [2.05, 4.69) is 0 Å². The van der Waals surface area contributed by atoms with Crippen molar-refractivity contribution in [1.29, 1.82) is 0 Å². The van der Waals surface area contributed by atoms with Crippen LogP contribution in [-0.4, -0.2) is 11.8 Å². The number of rotatable bonds is 1. The summed E-state index contributed by atoms with van der Waals surface area (Å²) in [4.78, 5) is 28.1. The smallest absolute Gasteiger partial charge is 0.238 e. The van der Waals surface area contributed by atoms with Crippen molar-refractivity contribution in [1.82, 2.24) is 0 Å². The number of amides is 2. The topological polar surface area (TPSA) is 37.4 Å². The predicted octanol–water partition coefficient (Wildman–Crippen LogP) is 4.66. The van der Waals surface area contributed by atoms with Gasteiger partial charge in [-0.05, 0) is 75.0 Å². The van der Waals surface area contributed by atoms with Crippen LogP contribution in [0.3, 0.4) is 0 Å². The number of imide groups is 1. The second-order valence-corrected chi connectivity index (χ2v) is 8.45. The Labute approximate surface area is 153 Å². The van der Waals surface area contributed by atoms with E-state index in [9.17, 15) is 9.59 Å². The Morgan fingerprint density at radius 1 is 0.960 bits per heavy atom. The fourth-order valence-corrected chi connectivity index (χ4v) is 6.04. The molecule has 0 spiro atoms. The number of carbonyl (C=O) groups excluding carboxylic acids is 2. The first-order valence-corrected chi connectivity index (χ1v) is 9.81. The molecule has 3 nitrogen and oxygen atoms in total. The molecule has 0 aromatic heterocycles. The quantitative estimate of drug-likeness (QED) is 0.542. The number of benzene rings is 1. The van der Waals surface area contributed by atoms with Crippen LogP contribution < -0.4 is 4.90 Å². The van der Waals surface area contributed by atoms with E-state index in [1.54, 1.807) is 6.07 Å². The zero-order valence-electron chi connectivity index (χ0n) is 14.4. The number of hydrogen-bond acceptors (Lipinski definition) is 2. The van der Waals surface area contributed by atoms with Gasteiger partial charge in [0.1, 0.15) is 0 Å². The molecule has 130 valence electrons. The molecule has 2 saturated carbocycles. The molecule has 4 aliphatic rings. The van der Waals surface area contributed by atoms with Gasteiger partial charge in [0.05, 0.1) is 17.5 Å². The molecule has 5 rings (SSSR count). The summed E-state index contributed by atoms with van der Waals surface area (Å²) in [5.41, 5.74) is 4.67. The SMILES string of the molecule is Cc1ccc(N2C(=O)[C@@H]3[C@@H](C2=O)[C@H]2CCCC2=C2CCC[C@@H]23)cc1Cl. The van der Waals surface area contributed by atoms with E-state index in [-0.39, 0.29) is 23.7 Å². The Kier molecular flexibility index (Phi) is 3.40. The van der Waals surface area contributed by atoms with E-state index < -0.39 is 0 Å². The molecule has 25 heavy (non-hydrogen) atoms. The number of hydrogen-bond donors (Lipinski definition) is 0. The van der Waals surface area contributed by atoms with E-state index in [1.165, 1.54) is 16.0 Å². The highest BCUT2D eigenvalue weighted by Gasteiger charge is 2.59. The van der Waals surface area contributed by atoms with Gasteiger partial charge < -0.3 is 0 Å². The summed E-state index contributed by atoms with van der Waals surface area (Å²) in [6, 6.07) is 5.51. The van der Waals surface area contributed by atoms with Crippen LogP contribution in [0.2, 0.25) is 5.02 Å². The lowest BCUT2D eigenvalue weighted by molar-refractivity contribution is -0.122. The molecule has 0 bridgehead atoms. The Hall–Kier alpha value is -1.61. The van der Waals surface area contributed by atoms with E-state index >= 15 is 0 Å². The van der Waals surface area contributed by atoms with Crippen LogP contribution in [-0.2, 0) is 9.59 Å². The van der Waals surface area contributed by atoms with Gasteiger partial charge in [-0.3, -0.25) is 9.59 Å².